The lowest BCUT2D eigenvalue weighted by Crippen LogP contribution is -2.14. The van der Waals surface area contributed by atoms with Crippen molar-refractivity contribution in [3.05, 3.63) is 47.2 Å². The fraction of sp³-hybridized carbons (Fsp3) is 0.312. The second-order valence-corrected chi connectivity index (χ2v) is 5.04. The molecule has 106 valence electrons. The fourth-order valence-electron chi connectivity index (χ4n) is 2.21. The molecule has 0 fully saturated rings. The molecule has 4 heteroatoms. The van der Waals surface area contributed by atoms with Gasteiger partial charge in [-0.05, 0) is 49.7 Å². The van der Waals surface area contributed by atoms with E-state index in [4.69, 9.17) is 16.3 Å². The lowest BCUT2D eigenvalue weighted by atomic mass is 10.1. The predicted octanol–water partition coefficient (Wildman–Crippen LogP) is 4.21. The third-order valence-electron chi connectivity index (χ3n) is 3.36. The van der Waals surface area contributed by atoms with E-state index in [1.54, 1.807) is 7.11 Å². The molecular formula is C16H19ClN2O. The quantitative estimate of drug-likeness (QED) is 0.789. The summed E-state index contributed by atoms with van der Waals surface area (Å²) in [6.45, 7) is 4.06. The van der Waals surface area contributed by atoms with Crippen molar-refractivity contribution in [3.63, 3.8) is 0 Å². The van der Waals surface area contributed by atoms with E-state index in [1.165, 1.54) is 5.56 Å². The number of benzene rings is 1. The summed E-state index contributed by atoms with van der Waals surface area (Å²) in [5.74, 6) is 2.20. The van der Waals surface area contributed by atoms with E-state index in [-0.39, 0.29) is 0 Å². The number of nitrogens with zero attached hydrogens (tertiary/aromatic N) is 2. The van der Waals surface area contributed by atoms with Crippen LogP contribution in [-0.4, -0.2) is 19.1 Å². The monoisotopic (exact) mass is 290 g/mol. The molecule has 0 radical (unpaired) electrons. The molecule has 2 aromatic rings. The minimum Gasteiger partial charge on any atom is -0.497 e. The normalized spacial score (nSPS) is 10.4. The number of aryl methyl sites for hydroxylation is 2. The number of aromatic nitrogens is 1. The fourth-order valence-corrected chi connectivity index (χ4v) is 2.54. The Morgan fingerprint density at radius 1 is 1.20 bits per heavy atom. The van der Waals surface area contributed by atoms with Crippen LogP contribution in [-0.2, 0) is 5.88 Å². The van der Waals surface area contributed by atoms with E-state index in [1.807, 2.05) is 38.2 Å². The molecule has 1 aromatic heterocycles. The summed E-state index contributed by atoms with van der Waals surface area (Å²) < 4.78 is 5.18. The number of halogens is 1. The highest BCUT2D eigenvalue weighted by molar-refractivity contribution is 6.17. The Balaban J connectivity index is 2.43. The molecule has 2 rings (SSSR count). The first kappa shape index (κ1) is 14.7. The molecule has 0 N–H and O–H groups in total. The Bertz CT molecular complexity index is 596. The van der Waals surface area contributed by atoms with E-state index < -0.39 is 0 Å². The lowest BCUT2D eigenvalue weighted by Gasteiger charge is -2.22. The molecule has 0 unspecified atom stereocenters. The highest BCUT2D eigenvalue weighted by Crippen LogP contribution is 2.29. The number of methoxy groups -OCH3 is 1. The van der Waals surface area contributed by atoms with Crippen LogP contribution in [0.4, 0.5) is 11.5 Å². The molecule has 0 aliphatic carbocycles. The maximum Gasteiger partial charge on any atom is 0.137 e. The standard InChI is InChI=1S/C16H19ClN2O/c1-11-9-12(2)18-16(15(11)10-17)19(3)13-5-7-14(20-4)8-6-13/h5-9H,10H2,1-4H3. The van der Waals surface area contributed by atoms with Gasteiger partial charge in [-0.25, -0.2) is 4.98 Å². The number of ether oxygens (including phenoxy) is 1. The van der Waals surface area contributed by atoms with Crippen molar-refractivity contribution in [2.24, 2.45) is 0 Å². The molecule has 0 aliphatic heterocycles. The van der Waals surface area contributed by atoms with Gasteiger partial charge in [-0.1, -0.05) is 0 Å². The number of alkyl halides is 1. The highest BCUT2D eigenvalue weighted by Gasteiger charge is 2.13. The Labute approximate surface area is 125 Å². The van der Waals surface area contributed by atoms with Crippen molar-refractivity contribution in [2.75, 3.05) is 19.1 Å². The highest BCUT2D eigenvalue weighted by atomic mass is 35.5. The van der Waals surface area contributed by atoms with Crippen molar-refractivity contribution >= 4 is 23.1 Å². The maximum absolute atomic E-state index is 6.08. The van der Waals surface area contributed by atoms with Gasteiger partial charge in [0, 0.05) is 24.0 Å². The van der Waals surface area contributed by atoms with Crippen LogP contribution >= 0.6 is 11.6 Å². The van der Waals surface area contributed by atoms with E-state index in [2.05, 4.69) is 22.9 Å². The van der Waals surface area contributed by atoms with Crippen LogP contribution in [0.2, 0.25) is 0 Å². The van der Waals surface area contributed by atoms with Crippen LogP contribution in [0.1, 0.15) is 16.8 Å². The maximum atomic E-state index is 6.08. The van der Waals surface area contributed by atoms with Gasteiger partial charge in [0.1, 0.15) is 11.6 Å². The zero-order valence-corrected chi connectivity index (χ0v) is 13.0. The molecule has 20 heavy (non-hydrogen) atoms. The van der Waals surface area contributed by atoms with Crippen LogP contribution in [0.15, 0.2) is 30.3 Å². The van der Waals surface area contributed by atoms with Crippen LogP contribution in [0.5, 0.6) is 5.75 Å². The van der Waals surface area contributed by atoms with Gasteiger partial charge < -0.3 is 9.64 Å². The van der Waals surface area contributed by atoms with Crippen LogP contribution < -0.4 is 9.64 Å². The van der Waals surface area contributed by atoms with Crippen molar-refractivity contribution < 1.29 is 4.74 Å². The Hall–Kier alpha value is -1.74. The first-order valence-corrected chi connectivity index (χ1v) is 7.01. The summed E-state index contributed by atoms with van der Waals surface area (Å²) in [7, 11) is 3.66. The lowest BCUT2D eigenvalue weighted by molar-refractivity contribution is 0.415. The van der Waals surface area contributed by atoms with E-state index in [0.29, 0.717) is 5.88 Å². The molecule has 1 heterocycles. The summed E-state index contributed by atoms with van der Waals surface area (Å²) in [6.07, 6.45) is 0. The Kier molecular flexibility index (Phi) is 4.50. The second kappa shape index (κ2) is 6.14. The van der Waals surface area contributed by atoms with Gasteiger partial charge in [0.2, 0.25) is 0 Å². The van der Waals surface area contributed by atoms with Gasteiger partial charge in [-0.2, -0.15) is 0 Å². The third kappa shape index (κ3) is 2.88. The molecule has 0 aliphatic rings. The van der Waals surface area contributed by atoms with E-state index in [0.717, 1.165) is 28.5 Å². The molecule has 0 spiro atoms. The molecule has 0 amide bonds. The van der Waals surface area contributed by atoms with E-state index >= 15 is 0 Å². The molecule has 0 saturated carbocycles. The van der Waals surface area contributed by atoms with Crippen LogP contribution in [0.3, 0.4) is 0 Å². The molecule has 0 saturated heterocycles. The third-order valence-corrected chi connectivity index (χ3v) is 3.63. The SMILES string of the molecule is COc1ccc(N(C)c2nc(C)cc(C)c2CCl)cc1. The molecule has 0 bridgehead atoms. The average molecular weight is 291 g/mol. The van der Waals surface area contributed by atoms with Crippen LogP contribution in [0.25, 0.3) is 0 Å². The average Bonchev–Trinajstić information content (AvgIpc) is 2.46. The first-order valence-electron chi connectivity index (χ1n) is 6.47. The summed E-state index contributed by atoms with van der Waals surface area (Å²) in [5, 5.41) is 0. The minimum absolute atomic E-state index is 0.453. The van der Waals surface area contributed by atoms with Crippen molar-refractivity contribution in [1.82, 2.24) is 4.98 Å². The topological polar surface area (TPSA) is 25.4 Å². The largest absolute Gasteiger partial charge is 0.497 e. The zero-order valence-electron chi connectivity index (χ0n) is 12.3. The Morgan fingerprint density at radius 2 is 1.85 bits per heavy atom. The number of anilines is 2. The van der Waals surface area contributed by atoms with Gasteiger partial charge in [0.05, 0.1) is 13.0 Å². The van der Waals surface area contributed by atoms with Gasteiger partial charge in [-0.3, -0.25) is 0 Å². The second-order valence-electron chi connectivity index (χ2n) is 4.77. The number of hydrogen-bond acceptors (Lipinski definition) is 3. The number of pyridine rings is 1. The molecular weight excluding hydrogens is 272 g/mol. The van der Waals surface area contributed by atoms with Crippen molar-refractivity contribution in [2.45, 2.75) is 19.7 Å². The predicted molar refractivity (Wildman–Crippen MR) is 84.3 cm³/mol. The first-order chi connectivity index (χ1) is 9.56. The summed E-state index contributed by atoms with van der Waals surface area (Å²) in [5.41, 5.74) is 4.28. The number of rotatable bonds is 4. The van der Waals surface area contributed by atoms with Gasteiger partial charge in [0.15, 0.2) is 0 Å². The minimum atomic E-state index is 0.453. The smallest absolute Gasteiger partial charge is 0.137 e. The summed E-state index contributed by atoms with van der Waals surface area (Å²) in [6, 6.07) is 9.96. The molecule has 0 atom stereocenters. The summed E-state index contributed by atoms with van der Waals surface area (Å²) >= 11 is 6.08. The van der Waals surface area contributed by atoms with Gasteiger partial charge in [0.25, 0.3) is 0 Å². The van der Waals surface area contributed by atoms with E-state index in [9.17, 15) is 0 Å². The molecule has 3 nitrogen and oxygen atoms in total. The van der Waals surface area contributed by atoms with Gasteiger partial charge in [-0.15, -0.1) is 11.6 Å². The zero-order chi connectivity index (χ0) is 14.7. The molecule has 1 aromatic carbocycles. The van der Waals surface area contributed by atoms with Crippen molar-refractivity contribution in [3.8, 4) is 5.75 Å². The number of hydrogen-bond donors (Lipinski definition) is 0. The van der Waals surface area contributed by atoms with Crippen molar-refractivity contribution in [1.29, 1.82) is 0 Å². The Morgan fingerprint density at radius 3 is 2.40 bits per heavy atom. The van der Waals surface area contributed by atoms with Crippen LogP contribution in [0, 0.1) is 13.8 Å². The summed E-state index contributed by atoms with van der Waals surface area (Å²) in [4.78, 5) is 6.69. The van der Waals surface area contributed by atoms with Gasteiger partial charge >= 0.3 is 0 Å².